The van der Waals surface area contributed by atoms with Gasteiger partial charge in [0.25, 0.3) is 0 Å². The summed E-state index contributed by atoms with van der Waals surface area (Å²) in [6.07, 6.45) is -0.562. The maximum absolute atomic E-state index is 10.2. The Morgan fingerprint density at radius 1 is 1.05 bits per heavy atom. The maximum Gasteiger partial charge on any atom is 0.231 e. The van der Waals surface area contributed by atoms with Crippen LogP contribution < -0.4 is 14.8 Å². The van der Waals surface area contributed by atoms with E-state index in [2.05, 4.69) is 17.4 Å². The molecule has 1 heterocycles. The van der Waals surface area contributed by atoms with Gasteiger partial charge in [0.05, 0.1) is 6.10 Å². The first-order chi connectivity index (χ1) is 9.83. The first-order valence-corrected chi connectivity index (χ1v) is 6.65. The number of nitrogens with one attached hydrogen (secondary N) is 1. The zero-order valence-corrected chi connectivity index (χ0v) is 11.1. The molecular formula is C16H17NO3. The van der Waals surface area contributed by atoms with Gasteiger partial charge in [-0.2, -0.15) is 0 Å². The van der Waals surface area contributed by atoms with Crippen molar-refractivity contribution in [3.63, 3.8) is 0 Å². The number of fused-ring (bicyclic) bond motifs is 1. The van der Waals surface area contributed by atoms with E-state index < -0.39 is 6.10 Å². The highest BCUT2D eigenvalue weighted by atomic mass is 16.7. The van der Waals surface area contributed by atoms with Gasteiger partial charge < -0.3 is 19.9 Å². The quantitative estimate of drug-likeness (QED) is 0.875. The second-order valence-electron chi connectivity index (χ2n) is 4.74. The molecule has 4 nitrogen and oxygen atoms in total. The molecule has 0 aliphatic carbocycles. The lowest BCUT2D eigenvalue weighted by Gasteiger charge is -2.13. The molecule has 4 heteroatoms. The number of hydrogen-bond donors (Lipinski definition) is 2. The molecule has 1 aliphatic heterocycles. The Morgan fingerprint density at radius 3 is 2.70 bits per heavy atom. The van der Waals surface area contributed by atoms with Gasteiger partial charge in [0.1, 0.15) is 0 Å². The molecule has 2 aromatic carbocycles. The van der Waals surface area contributed by atoms with Gasteiger partial charge in [0, 0.05) is 13.1 Å². The first kappa shape index (κ1) is 13.0. The summed E-state index contributed by atoms with van der Waals surface area (Å²) >= 11 is 0. The summed E-state index contributed by atoms with van der Waals surface area (Å²) in [7, 11) is 0. The molecular weight excluding hydrogens is 254 g/mol. The number of rotatable bonds is 5. The third kappa shape index (κ3) is 2.92. The summed E-state index contributed by atoms with van der Waals surface area (Å²) in [4.78, 5) is 0. The molecule has 0 amide bonds. The van der Waals surface area contributed by atoms with Crippen LogP contribution in [0.2, 0.25) is 0 Å². The zero-order valence-electron chi connectivity index (χ0n) is 11.1. The topological polar surface area (TPSA) is 50.7 Å². The van der Waals surface area contributed by atoms with Gasteiger partial charge in [-0.15, -0.1) is 0 Å². The van der Waals surface area contributed by atoms with E-state index in [-0.39, 0.29) is 6.79 Å². The molecule has 0 radical (unpaired) electrons. The predicted octanol–water partition coefficient (Wildman–Crippen LogP) is 2.24. The van der Waals surface area contributed by atoms with Crippen LogP contribution >= 0.6 is 0 Å². The Balaban J connectivity index is 1.55. The normalized spacial score (nSPS) is 14.2. The highest BCUT2D eigenvalue weighted by molar-refractivity contribution is 5.45. The zero-order chi connectivity index (χ0) is 13.8. The van der Waals surface area contributed by atoms with E-state index in [0.717, 1.165) is 17.9 Å². The number of aliphatic hydroxyl groups excluding tert-OH is 1. The fourth-order valence-corrected chi connectivity index (χ4v) is 2.19. The van der Waals surface area contributed by atoms with Crippen LogP contribution in [0.3, 0.4) is 0 Å². The van der Waals surface area contributed by atoms with Crippen LogP contribution in [0.1, 0.15) is 17.2 Å². The van der Waals surface area contributed by atoms with Crippen molar-refractivity contribution in [1.82, 2.24) is 5.32 Å². The highest BCUT2D eigenvalue weighted by Crippen LogP contribution is 2.34. The molecule has 1 atom stereocenters. The van der Waals surface area contributed by atoms with Crippen molar-refractivity contribution in [2.24, 2.45) is 0 Å². The lowest BCUT2D eigenvalue weighted by molar-refractivity contribution is 0.170. The van der Waals surface area contributed by atoms with Crippen molar-refractivity contribution < 1.29 is 14.6 Å². The maximum atomic E-state index is 10.2. The van der Waals surface area contributed by atoms with Crippen molar-refractivity contribution in [2.45, 2.75) is 12.6 Å². The number of benzene rings is 2. The van der Waals surface area contributed by atoms with E-state index in [0.29, 0.717) is 12.3 Å². The van der Waals surface area contributed by atoms with Crippen LogP contribution in [-0.2, 0) is 6.54 Å². The van der Waals surface area contributed by atoms with Crippen molar-refractivity contribution in [3.8, 4) is 11.5 Å². The molecule has 0 bridgehead atoms. The molecule has 0 fully saturated rings. The van der Waals surface area contributed by atoms with Gasteiger partial charge in [-0.1, -0.05) is 36.4 Å². The second kappa shape index (κ2) is 5.94. The average Bonchev–Trinajstić information content (AvgIpc) is 2.95. The third-order valence-electron chi connectivity index (χ3n) is 3.29. The Bertz CT molecular complexity index is 571. The predicted molar refractivity (Wildman–Crippen MR) is 75.7 cm³/mol. The molecule has 104 valence electrons. The fourth-order valence-electron chi connectivity index (χ4n) is 2.19. The second-order valence-corrected chi connectivity index (χ2v) is 4.74. The third-order valence-corrected chi connectivity index (χ3v) is 3.29. The lowest BCUT2D eigenvalue weighted by atomic mass is 10.1. The molecule has 0 spiro atoms. The van der Waals surface area contributed by atoms with Crippen molar-refractivity contribution in [1.29, 1.82) is 0 Å². The number of hydrogen-bond acceptors (Lipinski definition) is 4. The van der Waals surface area contributed by atoms with Gasteiger partial charge in [-0.25, -0.2) is 0 Å². The molecule has 1 unspecified atom stereocenters. The standard InChI is InChI=1S/C16H17NO3/c18-14(10-17-9-12-4-2-1-3-5-12)13-6-7-15-16(8-13)20-11-19-15/h1-8,14,17-18H,9-11H2. The molecule has 0 saturated heterocycles. The Labute approximate surface area is 118 Å². The first-order valence-electron chi connectivity index (χ1n) is 6.65. The van der Waals surface area contributed by atoms with Gasteiger partial charge in [0.2, 0.25) is 6.79 Å². The Morgan fingerprint density at radius 2 is 1.85 bits per heavy atom. The fraction of sp³-hybridized carbons (Fsp3) is 0.250. The molecule has 0 aromatic heterocycles. The number of ether oxygens (including phenoxy) is 2. The van der Waals surface area contributed by atoms with Crippen LogP contribution in [0.4, 0.5) is 0 Å². The summed E-state index contributed by atoms with van der Waals surface area (Å²) in [6, 6.07) is 15.6. The summed E-state index contributed by atoms with van der Waals surface area (Å²) in [5, 5.41) is 13.4. The monoisotopic (exact) mass is 271 g/mol. The highest BCUT2D eigenvalue weighted by Gasteiger charge is 2.16. The SMILES string of the molecule is OC(CNCc1ccccc1)c1ccc2c(c1)OCO2. The average molecular weight is 271 g/mol. The molecule has 0 saturated carbocycles. The molecule has 20 heavy (non-hydrogen) atoms. The minimum Gasteiger partial charge on any atom is -0.454 e. The van der Waals surface area contributed by atoms with Crippen LogP contribution in [0.25, 0.3) is 0 Å². The Hall–Kier alpha value is -2.04. The Kier molecular flexibility index (Phi) is 3.85. The van der Waals surface area contributed by atoms with Gasteiger partial charge in [0.15, 0.2) is 11.5 Å². The molecule has 2 aromatic rings. The van der Waals surface area contributed by atoms with E-state index >= 15 is 0 Å². The van der Waals surface area contributed by atoms with Crippen molar-refractivity contribution >= 4 is 0 Å². The summed E-state index contributed by atoms with van der Waals surface area (Å²) < 4.78 is 10.6. The van der Waals surface area contributed by atoms with Gasteiger partial charge in [-0.3, -0.25) is 0 Å². The summed E-state index contributed by atoms with van der Waals surface area (Å²) in [5.74, 6) is 1.43. The summed E-state index contributed by atoms with van der Waals surface area (Å²) in [6.45, 7) is 1.48. The summed E-state index contributed by atoms with van der Waals surface area (Å²) in [5.41, 5.74) is 2.03. The smallest absolute Gasteiger partial charge is 0.231 e. The van der Waals surface area contributed by atoms with Gasteiger partial charge >= 0.3 is 0 Å². The molecule has 3 rings (SSSR count). The number of aliphatic hydroxyl groups is 1. The minimum atomic E-state index is -0.562. The molecule has 1 aliphatic rings. The minimum absolute atomic E-state index is 0.251. The van der Waals surface area contributed by atoms with E-state index in [1.165, 1.54) is 5.56 Å². The van der Waals surface area contributed by atoms with Crippen LogP contribution in [0.5, 0.6) is 11.5 Å². The van der Waals surface area contributed by atoms with Crippen molar-refractivity contribution in [2.75, 3.05) is 13.3 Å². The van der Waals surface area contributed by atoms with Crippen LogP contribution in [0.15, 0.2) is 48.5 Å². The molecule has 2 N–H and O–H groups in total. The largest absolute Gasteiger partial charge is 0.454 e. The van der Waals surface area contributed by atoms with Crippen LogP contribution in [-0.4, -0.2) is 18.4 Å². The van der Waals surface area contributed by atoms with E-state index in [9.17, 15) is 5.11 Å². The lowest BCUT2D eigenvalue weighted by Crippen LogP contribution is -2.21. The van der Waals surface area contributed by atoms with E-state index in [1.807, 2.05) is 36.4 Å². The van der Waals surface area contributed by atoms with E-state index in [4.69, 9.17) is 9.47 Å². The van der Waals surface area contributed by atoms with Crippen LogP contribution in [0, 0.1) is 0 Å². The van der Waals surface area contributed by atoms with Gasteiger partial charge in [-0.05, 0) is 23.3 Å². The van der Waals surface area contributed by atoms with Crippen molar-refractivity contribution in [3.05, 3.63) is 59.7 Å². The van der Waals surface area contributed by atoms with E-state index in [1.54, 1.807) is 0 Å².